The van der Waals surface area contributed by atoms with Gasteiger partial charge >= 0.3 is 0 Å². The predicted molar refractivity (Wildman–Crippen MR) is 87.8 cm³/mol. The van der Waals surface area contributed by atoms with E-state index in [2.05, 4.69) is 64.6 Å². The smallest absolute Gasteiger partial charge is 0.123 e. The van der Waals surface area contributed by atoms with Gasteiger partial charge in [-0.05, 0) is 43.5 Å². The molecular formula is C18H31NO. The summed E-state index contributed by atoms with van der Waals surface area (Å²) < 4.78 is 6.03. The van der Waals surface area contributed by atoms with Crippen LogP contribution in [0.15, 0.2) is 18.2 Å². The molecule has 0 radical (unpaired) electrons. The molecule has 0 saturated carbocycles. The highest BCUT2D eigenvalue weighted by Crippen LogP contribution is 2.32. The summed E-state index contributed by atoms with van der Waals surface area (Å²) in [5.41, 5.74) is 2.73. The van der Waals surface area contributed by atoms with E-state index in [0.717, 1.165) is 38.4 Å². The van der Waals surface area contributed by atoms with Gasteiger partial charge in [-0.3, -0.25) is 0 Å². The van der Waals surface area contributed by atoms with Gasteiger partial charge in [-0.15, -0.1) is 0 Å². The van der Waals surface area contributed by atoms with Crippen LogP contribution < -0.4 is 4.74 Å². The first kappa shape index (κ1) is 17.0. The van der Waals surface area contributed by atoms with E-state index in [1.54, 1.807) is 0 Å². The number of ether oxygens (including phenoxy) is 1. The minimum absolute atomic E-state index is 0.125. The van der Waals surface area contributed by atoms with Gasteiger partial charge in [0, 0.05) is 6.54 Å². The fourth-order valence-electron chi connectivity index (χ4n) is 2.37. The van der Waals surface area contributed by atoms with Gasteiger partial charge in [0.2, 0.25) is 0 Å². The van der Waals surface area contributed by atoms with Crippen LogP contribution in [-0.4, -0.2) is 31.1 Å². The Labute approximate surface area is 125 Å². The number of benzene rings is 1. The lowest BCUT2D eigenvalue weighted by atomic mass is 9.85. The van der Waals surface area contributed by atoms with Crippen molar-refractivity contribution in [2.24, 2.45) is 0 Å². The lowest BCUT2D eigenvalue weighted by Gasteiger charge is -2.24. The van der Waals surface area contributed by atoms with Crippen LogP contribution in [0.3, 0.4) is 0 Å². The van der Waals surface area contributed by atoms with Gasteiger partial charge in [0.1, 0.15) is 5.75 Å². The molecule has 1 aromatic rings. The molecule has 114 valence electrons. The first-order valence-electron chi connectivity index (χ1n) is 7.84. The number of rotatable bonds is 7. The topological polar surface area (TPSA) is 12.5 Å². The van der Waals surface area contributed by atoms with E-state index in [1.165, 1.54) is 11.1 Å². The lowest BCUT2D eigenvalue weighted by Crippen LogP contribution is -2.25. The molecule has 0 aromatic heterocycles. The summed E-state index contributed by atoms with van der Waals surface area (Å²) in [5.74, 6) is 1.04. The van der Waals surface area contributed by atoms with E-state index in [1.807, 2.05) is 0 Å². The molecular weight excluding hydrogens is 246 g/mol. The van der Waals surface area contributed by atoms with Crippen molar-refractivity contribution in [3.8, 4) is 5.75 Å². The molecule has 0 saturated heterocycles. The fourth-order valence-corrected chi connectivity index (χ4v) is 2.37. The Morgan fingerprint density at radius 3 is 2.30 bits per heavy atom. The highest BCUT2D eigenvalue weighted by atomic mass is 16.5. The third-order valence-electron chi connectivity index (χ3n) is 3.71. The van der Waals surface area contributed by atoms with Gasteiger partial charge < -0.3 is 9.64 Å². The standard InChI is InChI=1S/C18H31NO/c1-7-19(8-2)12-9-13-20-17-11-10-15(3)14-16(17)18(4,5)6/h10-11,14H,7-9,12-13H2,1-6H3. The molecule has 20 heavy (non-hydrogen) atoms. The number of hydrogen-bond acceptors (Lipinski definition) is 2. The van der Waals surface area contributed by atoms with E-state index < -0.39 is 0 Å². The van der Waals surface area contributed by atoms with Gasteiger partial charge in [-0.25, -0.2) is 0 Å². The van der Waals surface area contributed by atoms with Crippen molar-refractivity contribution in [2.75, 3.05) is 26.2 Å². The molecule has 0 aliphatic carbocycles. The van der Waals surface area contributed by atoms with Crippen LogP contribution in [0.1, 0.15) is 52.2 Å². The zero-order valence-electron chi connectivity index (χ0n) is 14.1. The first-order valence-corrected chi connectivity index (χ1v) is 7.84. The number of hydrogen-bond donors (Lipinski definition) is 0. The van der Waals surface area contributed by atoms with E-state index in [0.29, 0.717) is 0 Å². The summed E-state index contributed by atoms with van der Waals surface area (Å²) in [6.07, 6.45) is 1.08. The molecule has 0 spiro atoms. The average Bonchev–Trinajstić information content (AvgIpc) is 2.39. The van der Waals surface area contributed by atoms with Gasteiger partial charge in [-0.2, -0.15) is 0 Å². The van der Waals surface area contributed by atoms with E-state index in [-0.39, 0.29) is 5.41 Å². The summed E-state index contributed by atoms with van der Waals surface area (Å²) in [7, 11) is 0. The summed E-state index contributed by atoms with van der Waals surface area (Å²) >= 11 is 0. The van der Waals surface area contributed by atoms with Crippen molar-refractivity contribution in [3.05, 3.63) is 29.3 Å². The van der Waals surface area contributed by atoms with Crippen molar-refractivity contribution in [2.45, 2.75) is 53.4 Å². The SMILES string of the molecule is CCN(CC)CCCOc1ccc(C)cc1C(C)(C)C. The molecule has 0 atom stereocenters. The van der Waals surface area contributed by atoms with Crippen LogP contribution in [0.25, 0.3) is 0 Å². The van der Waals surface area contributed by atoms with Crippen molar-refractivity contribution < 1.29 is 4.74 Å². The van der Waals surface area contributed by atoms with E-state index >= 15 is 0 Å². The second-order valence-electron chi connectivity index (χ2n) is 6.48. The molecule has 2 heteroatoms. The van der Waals surface area contributed by atoms with Crippen LogP contribution in [0, 0.1) is 6.92 Å². The Morgan fingerprint density at radius 1 is 1.10 bits per heavy atom. The zero-order chi connectivity index (χ0) is 15.2. The minimum atomic E-state index is 0.125. The first-order chi connectivity index (χ1) is 9.38. The fraction of sp³-hybridized carbons (Fsp3) is 0.667. The van der Waals surface area contributed by atoms with Gasteiger partial charge in [0.25, 0.3) is 0 Å². The molecule has 0 N–H and O–H groups in total. The molecule has 1 aromatic carbocycles. The van der Waals surface area contributed by atoms with Crippen LogP contribution in [-0.2, 0) is 5.41 Å². The molecule has 0 fully saturated rings. The Balaban J connectivity index is 2.60. The van der Waals surface area contributed by atoms with Crippen LogP contribution >= 0.6 is 0 Å². The molecule has 0 heterocycles. The molecule has 1 rings (SSSR count). The van der Waals surface area contributed by atoms with Crippen molar-refractivity contribution in [3.63, 3.8) is 0 Å². The summed E-state index contributed by atoms with van der Waals surface area (Å²) in [4.78, 5) is 2.43. The molecule has 0 aliphatic rings. The van der Waals surface area contributed by atoms with Crippen LogP contribution in [0.2, 0.25) is 0 Å². The van der Waals surface area contributed by atoms with Gasteiger partial charge in [0.05, 0.1) is 6.61 Å². The largest absolute Gasteiger partial charge is 0.493 e. The lowest BCUT2D eigenvalue weighted by molar-refractivity contribution is 0.246. The zero-order valence-corrected chi connectivity index (χ0v) is 14.1. The minimum Gasteiger partial charge on any atom is -0.493 e. The maximum absolute atomic E-state index is 6.03. The Bertz CT molecular complexity index is 402. The second kappa shape index (κ2) is 7.68. The molecule has 0 bridgehead atoms. The Kier molecular flexibility index (Phi) is 6.54. The average molecular weight is 277 g/mol. The van der Waals surface area contributed by atoms with Crippen molar-refractivity contribution in [1.82, 2.24) is 4.90 Å². The Morgan fingerprint density at radius 2 is 1.75 bits per heavy atom. The normalized spacial score (nSPS) is 11.9. The maximum Gasteiger partial charge on any atom is 0.123 e. The monoisotopic (exact) mass is 277 g/mol. The number of aryl methyl sites for hydroxylation is 1. The van der Waals surface area contributed by atoms with Crippen LogP contribution in [0.5, 0.6) is 5.75 Å². The predicted octanol–water partition coefficient (Wildman–Crippen LogP) is 4.40. The van der Waals surface area contributed by atoms with Gasteiger partial charge in [0.15, 0.2) is 0 Å². The highest BCUT2D eigenvalue weighted by molar-refractivity contribution is 5.41. The molecule has 0 amide bonds. The highest BCUT2D eigenvalue weighted by Gasteiger charge is 2.19. The van der Waals surface area contributed by atoms with E-state index in [9.17, 15) is 0 Å². The van der Waals surface area contributed by atoms with Gasteiger partial charge in [-0.1, -0.05) is 52.3 Å². The third kappa shape index (κ3) is 5.16. The molecule has 0 aliphatic heterocycles. The van der Waals surface area contributed by atoms with Crippen molar-refractivity contribution >= 4 is 0 Å². The molecule has 0 unspecified atom stereocenters. The van der Waals surface area contributed by atoms with Crippen molar-refractivity contribution in [1.29, 1.82) is 0 Å². The summed E-state index contributed by atoms with van der Waals surface area (Å²) in [6, 6.07) is 6.50. The Hall–Kier alpha value is -1.02. The molecule has 2 nitrogen and oxygen atoms in total. The third-order valence-corrected chi connectivity index (χ3v) is 3.71. The summed E-state index contributed by atoms with van der Waals surface area (Å²) in [5, 5.41) is 0. The second-order valence-corrected chi connectivity index (χ2v) is 6.48. The summed E-state index contributed by atoms with van der Waals surface area (Å²) in [6.45, 7) is 17.4. The van der Waals surface area contributed by atoms with E-state index in [4.69, 9.17) is 4.74 Å². The quantitative estimate of drug-likeness (QED) is 0.685. The maximum atomic E-state index is 6.03. The number of nitrogens with zero attached hydrogens (tertiary/aromatic N) is 1. The van der Waals surface area contributed by atoms with Crippen LogP contribution in [0.4, 0.5) is 0 Å².